The molecular formula is C22H23Cl2N5O2S. The van der Waals surface area contributed by atoms with Gasteiger partial charge < -0.3 is 15.2 Å². The average molecular weight is 492 g/mol. The van der Waals surface area contributed by atoms with Crippen molar-refractivity contribution in [2.45, 2.75) is 38.9 Å². The second kappa shape index (κ2) is 10.8. The van der Waals surface area contributed by atoms with Gasteiger partial charge in [0, 0.05) is 12.2 Å². The van der Waals surface area contributed by atoms with Crippen LogP contribution in [0.25, 0.3) is 0 Å². The molecule has 1 aromatic heterocycles. The Hall–Kier alpha value is -2.55. The lowest BCUT2D eigenvalue weighted by atomic mass is 10.1. The van der Waals surface area contributed by atoms with Gasteiger partial charge >= 0.3 is 0 Å². The van der Waals surface area contributed by atoms with Crippen LogP contribution >= 0.6 is 35.0 Å². The molecule has 0 unspecified atom stereocenters. The average Bonchev–Trinajstić information content (AvgIpc) is 3.13. The molecule has 168 valence electrons. The number of aromatic nitrogens is 3. The number of rotatable bonds is 8. The molecular weight excluding hydrogens is 469 g/mol. The van der Waals surface area contributed by atoms with E-state index < -0.39 is 0 Å². The van der Waals surface area contributed by atoms with Crippen molar-refractivity contribution in [3.8, 4) is 0 Å². The molecule has 32 heavy (non-hydrogen) atoms. The van der Waals surface area contributed by atoms with Gasteiger partial charge in [-0.05, 0) is 56.2 Å². The van der Waals surface area contributed by atoms with Crippen LogP contribution in [0.5, 0.6) is 0 Å². The van der Waals surface area contributed by atoms with Crippen molar-refractivity contribution >= 4 is 58.2 Å². The number of halogens is 2. The maximum absolute atomic E-state index is 12.5. The molecule has 0 spiro atoms. The van der Waals surface area contributed by atoms with E-state index in [1.54, 1.807) is 18.2 Å². The van der Waals surface area contributed by atoms with Crippen LogP contribution in [-0.4, -0.2) is 32.3 Å². The minimum Gasteiger partial charge on any atom is -0.325 e. The standard InChI is InChI=1S/C22H23Cl2N5O2S/c1-4-29-18(11-19(30)26-17-7-5-6-16(23)21(17)24)27-28-22(29)32-12-20(31)25-15-9-8-13(2)14(3)10-15/h5-10H,4,11-12H2,1-3H3,(H,25,31)(H,26,30). The van der Waals surface area contributed by atoms with Crippen LogP contribution in [-0.2, 0) is 22.6 Å². The van der Waals surface area contributed by atoms with Crippen molar-refractivity contribution in [3.05, 3.63) is 63.4 Å². The molecule has 2 aromatic carbocycles. The summed E-state index contributed by atoms with van der Waals surface area (Å²) >= 11 is 13.4. The Bertz CT molecular complexity index is 1150. The van der Waals surface area contributed by atoms with Crippen molar-refractivity contribution in [2.75, 3.05) is 16.4 Å². The van der Waals surface area contributed by atoms with Gasteiger partial charge in [-0.2, -0.15) is 0 Å². The van der Waals surface area contributed by atoms with E-state index in [-0.39, 0.29) is 29.0 Å². The van der Waals surface area contributed by atoms with Gasteiger partial charge in [0.05, 0.1) is 27.9 Å². The highest BCUT2D eigenvalue weighted by atomic mass is 35.5. The number of benzene rings is 2. The van der Waals surface area contributed by atoms with E-state index >= 15 is 0 Å². The van der Waals surface area contributed by atoms with Crippen molar-refractivity contribution in [1.29, 1.82) is 0 Å². The van der Waals surface area contributed by atoms with Crippen molar-refractivity contribution in [3.63, 3.8) is 0 Å². The Balaban J connectivity index is 1.60. The van der Waals surface area contributed by atoms with Gasteiger partial charge in [0.2, 0.25) is 11.8 Å². The third kappa shape index (κ3) is 6.03. The molecule has 2 amide bonds. The van der Waals surface area contributed by atoms with Crippen LogP contribution in [0.3, 0.4) is 0 Å². The number of carbonyl (C=O) groups excluding carboxylic acids is 2. The predicted octanol–water partition coefficient (Wildman–Crippen LogP) is 5.13. The van der Waals surface area contributed by atoms with Crippen LogP contribution in [0, 0.1) is 13.8 Å². The summed E-state index contributed by atoms with van der Waals surface area (Å²) in [6.07, 6.45) is 0.0130. The number of hydrogen-bond acceptors (Lipinski definition) is 5. The Labute approximate surface area is 200 Å². The highest BCUT2D eigenvalue weighted by Gasteiger charge is 2.17. The summed E-state index contributed by atoms with van der Waals surface area (Å²) in [6.45, 7) is 6.52. The lowest BCUT2D eigenvalue weighted by molar-refractivity contribution is -0.116. The molecule has 0 saturated carbocycles. The largest absolute Gasteiger partial charge is 0.325 e. The zero-order valence-corrected chi connectivity index (χ0v) is 20.2. The Morgan fingerprint density at radius 3 is 2.53 bits per heavy atom. The van der Waals surface area contributed by atoms with E-state index in [2.05, 4.69) is 20.8 Å². The Morgan fingerprint density at radius 1 is 1.03 bits per heavy atom. The first kappa shape index (κ1) is 24.1. The summed E-state index contributed by atoms with van der Waals surface area (Å²) in [5.74, 6) is 0.245. The molecule has 0 aliphatic rings. The summed E-state index contributed by atoms with van der Waals surface area (Å²) in [7, 11) is 0. The first-order chi connectivity index (χ1) is 15.3. The number of thioether (sulfide) groups is 1. The Morgan fingerprint density at radius 2 is 1.81 bits per heavy atom. The topological polar surface area (TPSA) is 88.9 Å². The Kier molecular flexibility index (Phi) is 8.17. The third-order valence-electron chi connectivity index (χ3n) is 4.78. The van der Waals surface area contributed by atoms with Gasteiger partial charge in [-0.15, -0.1) is 10.2 Å². The first-order valence-corrected chi connectivity index (χ1v) is 11.7. The SMILES string of the molecule is CCn1c(CC(=O)Nc2cccc(Cl)c2Cl)nnc1SCC(=O)Nc1ccc(C)c(C)c1. The van der Waals surface area contributed by atoms with Gasteiger partial charge in [-0.25, -0.2) is 0 Å². The van der Waals surface area contributed by atoms with Crippen molar-refractivity contribution < 1.29 is 9.59 Å². The fourth-order valence-electron chi connectivity index (χ4n) is 2.96. The number of anilines is 2. The lowest BCUT2D eigenvalue weighted by Gasteiger charge is -2.10. The maximum atomic E-state index is 12.5. The lowest BCUT2D eigenvalue weighted by Crippen LogP contribution is -2.18. The van der Waals surface area contributed by atoms with Gasteiger partial charge in [-0.3, -0.25) is 9.59 Å². The molecule has 0 radical (unpaired) electrons. The third-order valence-corrected chi connectivity index (χ3v) is 6.56. The highest BCUT2D eigenvalue weighted by molar-refractivity contribution is 7.99. The molecule has 3 aromatic rings. The van der Waals surface area contributed by atoms with Crippen molar-refractivity contribution in [1.82, 2.24) is 14.8 Å². The molecule has 0 fully saturated rings. The van der Waals surface area contributed by atoms with E-state index in [0.717, 1.165) is 11.3 Å². The second-order valence-corrected chi connectivity index (χ2v) is 8.83. The number of amides is 2. The highest BCUT2D eigenvalue weighted by Crippen LogP contribution is 2.29. The molecule has 0 bridgehead atoms. The normalized spacial score (nSPS) is 10.8. The zero-order valence-electron chi connectivity index (χ0n) is 17.9. The molecule has 10 heteroatoms. The minimum atomic E-state index is -0.291. The molecule has 7 nitrogen and oxygen atoms in total. The van der Waals surface area contributed by atoms with Gasteiger partial charge in [0.15, 0.2) is 5.16 Å². The van der Waals surface area contributed by atoms with Crippen LogP contribution in [0.4, 0.5) is 11.4 Å². The maximum Gasteiger partial charge on any atom is 0.234 e. The van der Waals surface area contributed by atoms with Gasteiger partial charge in [-0.1, -0.05) is 47.1 Å². The minimum absolute atomic E-state index is 0.0130. The van der Waals surface area contributed by atoms with E-state index in [1.165, 1.54) is 17.3 Å². The summed E-state index contributed by atoms with van der Waals surface area (Å²) < 4.78 is 1.81. The van der Waals surface area contributed by atoms with Crippen LogP contribution in [0.15, 0.2) is 41.6 Å². The number of nitrogens with one attached hydrogen (secondary N) is 2. The summed E-state index contributed by atoms with van der Waals surface area (Å²) in [4.78, 5) is 24.8. The summed E-state index contributed by atoms with van der Waals surface area (Å²) in [5.41, 5.74) is 3.47. The van der Waals surface area contributed by atoms with Crippen LogP contribution in [0.1, 0.15) is 23.9 Å². The molecule has 0 aliphatic carbocycles. The molecule has 2 N–H and O–H groups in total. The van der Waals surface area contributed by atoms with E-state index in [9.17, 15) is 9.59 Å². The van der Waals surface area contributed by atoms with Gasteiger partial charge in [0.25, 0.3) is 0 Å². The van der Waals surface area contributed by atoms with E-state index in [4.69, 9.17) is 23.2 Å². The fraction of sp³-hybridized carbons (Fsp3) is 0.273. The van der Waals surface area contributed by atoms with Crippen LogP contribution < -0.4 is 10.6 Å². The van der Waals surface area contributed by atoms with Crippen molar-refractivity contribution in [2.24, 2.45) is 0 Å². The molecule has 3 rings (SSSR count). The molecule has 0 aliphatic heterocycles. The quantitative estimate of drug-likeness (QED) is 0.426. The molecule has 1 heterocycles. The zero-order chi connectivity index (χ0) is 23.3. The number of carbonyl (C=O) groups is 2. The monoisotopic (exact) mass is 491 g/mol. The second-order valence-electron chi connectivity index (χ2n) is 7.11. The molecule has 0 saturated heterocycles. The van der Waals surface area contributed by atoms with Gasteiger partial charge in [0.1, 0.15) is 5.82 Å². The fourth-order valence-corrected chi connectivity index (χ4v) is 4.13. The van der Waals surface area contributed by atoms with E-state index in [1.807, 2.05) is 43.5 Å². The number of hydrogen-bond donors (Lipinski definition) is 2. The summed E-state index contributed by atoms with van der Waals surface area (Å²) in [5, 5.41) is 15.1. The molecule has 0 atom stereocenters. The van der Waals surface area contributed by atoms with Crippen LogP contribution in [0.2, 0.25) is 10.0 Å². The first-order valence-electron chi connectivity index (χ1n) is 9.94. The smallest absolute Gasteiger partial charge is 0.234 e. The van der Waals surface area contributed by atoms with E-state index in [0.29, 0.717) is 28.2 Å². The number of aryl methyl sites for hydroxylation is 2. The summed E-state index contributed by atoms with van der Waals surface area (Å²) in [6, 6.07) is 10.8. The number of nitrogens with zero attached hydrogens (tertiary/aromatic N) is 3. The predicted molar refractivity (Wildman–Crippen MR) is 130 cm³/mol.